The maximum Gasteiger partial charge on any atom is 0.308 e. The van der Waals surface area contributed by atoms with E-state index in [-0.39, 0.29) is 66.3 Å². The first-order valence-corrected chi connectivity index (χ1v) is 26.4. The lowest BCUT2D eigenvalue weighted by atomic mass is 9.49. The van der Waals surface area contributed by atoms with Crippen molar-refractivity contribution >= 4 is 58.2 Å². The Morgan fingerprint density at radius 3 is 2.22 bits per heavy atom. The molecule has 2 heterocycles. The van der Waals surface area contributed by atoms with Crippen LogP contribution in [0.5, 0.6) is 5.75 Å². The number of hydrogen-bond donors (Lipinski definition) is 4. The molecule has 1 aliphatic carbocycles. The molecule has 3 aromatic carbocycles. The van der Waals surface area contributed by atoms with Crippen LogP contribution in [-0.2, 0) is 28.7 Å². The average Bonchev–Trinajstić information content (AvgIpc) is 3.98. The number of aromatic nitrogens is 1. The monoisotopic (exact) mass is 1040 g/mol. The Morgan fingerprint density at radius 1 is 0.932 bits per heavy atom. The third-order valence-electron chi connectivity index (χ3n) is 13.9. The van der Waals surface area contributed by atoms with E-state index in [2.05, 4.69) is 60.0 Å². The molecule has 0 radical (unpaired) electrons. The van der Waals surface area contributed by atoms with Crippen molar-refractivity contribution in [3.8, 4) is 22.3 Å². The van der Waals surface area contributed by atoms with Crippen LogP contribution in [0, 0.1) is 40.4 Å². The normalized spacial score (nSPS) is 19.7. The molecule has 1 aliphatic heterocycles. The van der Waals surface area contributed by atoms with Gasteiger partial charge in [0.15, 0.2) is 0 Å². The number of hydrogen-bond acceptors (Lipinski definition) is 12. The number of nitriles is 1. The van der Waals surface area contributed by atoms with Crippen molar-refractivity contribution < 1.29 is 38.2 Å². The van der Waals surface area contributed by atoms with E-state index in [0.717, 1.165) is 40.2 Å². The summed E-state index contributed by atoms with van der Waals surface area (Å²) in [6.45, 7) is 21.9. The van der Waals surface area contributed by atoms with Crippen LogP contribution in [0.15, 0.2) is 72.2 Å². The first kappa shape index (κ1) is 56.3. The van der Waals surface area contributed by atoms with Crippen molar-refractivity contribution in [3.05, 3.63) is 99.6 Å². The Labute approximate surface area is 439 Å². The molecular weight excluding hydrogens is 966 g/mol. The first-order valence-electron chi connectivity index (χ1n) is 25.1. The van der Waals surface area contributed by atoms with Gasteiger partial charge in [-0.1, -0.05) is 98.2 Å². The minimum absolute atomic E-state index is 0.0128. The summed E-state index contributed by atoms with van der Waals surface area (Å²) in [7, 11) is 0. The molecular formula is C56H72ClN7O8S. The van der Waals surface area contributed by atoms with Crippen LogP contribution in [0.25, 0.3) is 10.4 Å². The van der Waals surface area contributed by atoms with Gasteiger partial charge in [0.25, 0.3) is 5.91 Å². The highest BCUT2D eigenvalue weighted by atomic mass is 35.5. The van der Waals surface area contributed by atoms with Gasteiger partial charge in [0, 0.05) is 53.8 Å². The molecule has 2 fully saturated rings. The molecule has 4 atom stereocenters. The lowest BCUT2D eigenvalue weighted by Crippen LogP contribution is -2.74. The van der Waals surface area contributed by atoms with Gasteiger partial charge in [-0.25, -0.2) is 4.98 Å². The smallest absolute Gasteiger partial charge is 0.308 e. The zero-order valence-corrected chi connectivity index (χ0v) is 45.6. The maximum atomic E-state index is 14.4. The van der Waals surface area contributed by atoms with Gasteiger partial charge in [-0.3, -0.25) is 24.0 Å². The van der Waals surface area contributed by atoms with Crippen molar-refractivity contribution in [2.24, 2.45) is 22.2 Å². The molecule has 0 spiro atoms. The van der Waals surface area contributed by atoms with Gasteiger partial charge < -0.3 is 40.4 Å². The van der Waals surface area contributed by atoms with E-state index in [9.17, 15) is 29.2 Å². The van der Waals surface area contributed by atoms with E-state index in [1.165, 1.54) is 4.90 Å². The molecule has 6 rings (SSSR count). The molecule has 17 heteroatoms. The molecule has 2 aliphatic rings. The molecule has 1 unspecified atom stereocenters. The van der Waals surface area contributed by atoms with Crippen LogP contribution in [0.1, 0.15) is 128 Å². The van der Waals surface area contributed by atoms with Crippen LogP contribution in [0.3, 0.4) is 0 Å². The number of carbonyl (C=O) groups is 5. The number of carbonyl (C=O) groups excluding carboxylic acids is 5. The predicted molar refractivity (Wildman–Crippen MR) is 284 cm³/mol. The van der Waals surface area contributed by atoms with E-state index >= 15 is 0 Å². The Bertz CT molecular complexity index is 2620. The molecule has 392 valence electrons. The van der Waals surface area contributed by atoms with Crippen LogP contribution in [0.2, 0.25) is 5.02 Å². The number of anilines is 1. The van der Waals surface area contributed by atoms with Gasteiger partial charge >= 0.3 is 5.97 Å². The second-order valence-electron chi connectivity index (χ2n) is 21.9. The summed E-state index contributed by atoms with van der Waals surface area (Å²) in [5, 5.41) is 22.1. The summed E-state index contributed by atoms with van der Waals surface area (Å²) in [6.07, 6.45) is 1.62. The zero-order valence-electron chi connectivity index (χ0n) is 44.0. The summed E-state index contributed by atoms with van der Waals surface area (Å²) < 4.78 is 17.9. The number of aryl methyl sites for hydroxylation is 1. The minimum atomic E-state index is -0.995. The number of ether oxygens (including phenoxy) is 3. The van der Waals surface area contributed by atoms with Gasteiger partial charge in [-0.05, 0) is 86.1 Å². The maximum absolute atomic E-state index is 14.4. The molecule has 0 bridgehead atoms. The largest absolute Gasteiger partial charge is 0.489 e. The van der Waals surface area contributed by atoms with Gasteiger partial charge in [0.2, 0.25) is 17.7 Å². The lowest BCUT2D eigenvalue weighted by Gasteiger charge is -2.63. The summed E-state index contributed by atoms with van der Waals surface area (Å²) in [5.41, 5.74) is 5.00. The number of likely N-dealkylation sites (tertiary alicyclic amines) is 1. The number of nitrogens with one attached hydrogen (secondary N) is 4. The quantitative estimate of drug-likeness (QED) is 0.0458. The summed E-state index contributed by atoms with van der Waals surface area (Å²) in [4.78, 5) is 74.7. The number of halogens is 1. The van der Waals surface area contributed by atoms with Gasteiger partial charge in [-0.15, -0.1) is 11.3 Å². The molecule has 73 heavy (non-hydrogen) atoms. The minimum Gasteiger partial charge on any atom is -0.489 e. The highest BCUT2D eigenvalue weighted by molar-refractivity contribution is 7.13. The first-order chi connectivity index (χ1) is 34.4. The average molecular weight is 1040 g/mol. The van der Waals surface area contributed by atoms with E-state index < -0.39 is 41.4 Å². The number of amides is 4. The van der Waals surface area contributed by atoms with Crippen molar-refractivity contribution in [3.63, 3.8) is 0 Å². The highest BCUT2D eigenvalue weighted by Gasteiger charge is 2.64. The topological polar surface area (TPSA) is 201 Å². The Balaban J connectivity index is 0.930. The van der Waals surface area contributed by atoms with Gasteiger partial charge in [0.05, 0.1) is 45.2 Å². The molecule has 4 N–H and O–H groups in total. The third-order valence-corrected chi connectivity index (χ3v) is 15.2. The van der Waals surface area contributed by atoms with E-state index in [1.54, 1.807) is 55.5 Å². The van der Waals surface area contributed by atoms with Crippen molar-refractivity contribution in [2.75, 3.05) is 31.6 Å². The van der Waals surface area contributed by atoms with Gasteiger partial charge in [-0.2, -0.15) is 5.26 Å². The number of benzene rings is 3. The molecule has 1 aromatic heterocycles. The van der Waals surface area contributed by atoms with Crippen LogP contribution in [-0.4, -0.2) is 96.1 Å². The van der Waals surface area contributed by atoms with Crippen molar-refractivity contribution in [2.45, 2.75) is 138 Å². The molecule has 4 amide bonds. The summed E-state index contributed by atoms with van der Waals surface area (Å²) in [6, 6.07) is 19.9. The SMILES string of the molecule is Cc1ncsc1-c1ccc([C@H](C)NC(=O)C2C[C@@H](OC(=O)C(C)C)CN2C(=O)[C@@H](NC(=O)COCCCCCNc2ccc(C(=O)N[C@H]3C(C)(C)[C@H](Oc4ccc(C#N)c(Cl)c4)C3(C)C)cc2)C(C)(C)C)cc1. The number of unbranched alkanes of at least 4 members (excludes halogenated alkanes) is 2. The molecule has 4 aromatic rings. The van der Waals surface area contributed by atoms with Gasteiger partial charge in [0.1, 0.15) is 42.7 Å². The van der Waals surface area contributed by atoms with Crippen molar-refractivity contribution in [1.29, 1.82) is 5.26 Å². The molecule has 1 saturated heterocycles. The highest BCUT2D eigenvalue weighted by Crippen LogP contribution is 2.55. The predicted octanol–water partition coefficient (Wildman–Crippen LogP) is 9.43. The van der Waals surface area contributed by atoms with E-state index in [0.29, 0.717) is 41.5 Å². The van der Waals surface area contributed by atoms with Crippen molar-refractivity contribution in [1.82, 2.24) is 25.8 Å². The molecule has 15 nitrogen and oxygen atoms in total. The Hall–Kier alpha value is -6.02. The van der Waals surface area contributed by atoms with Crippen LogP contribution in [0.4, 0.5) is 5.69 Å². The van der Waals surface area contributed by atoms with E-state index in [1.807, 2.05) is 76.5 Å². The Morgan fingerprint density at radius 2 is 1.62 bits per heavy atom. The fourth-order valence-electron chi connectivity index (χ4n) is 10.0. The number of thiazole rings is 1. The second-order valence-corrected chi connectivity index (χ2v) is 23.1. The number of nitrogens with zero attached hydrogens (tertiary/aromatic N) is 3. The van der Waals surface area contributed by atoms with E-state index in [4.69, 9.17) is 25.8 Å². The Kier molecular flexibility index (Phi) is 18.4. The fourth-order valence-corrected chi connectivity index (χ4v) is 11.1. The second kappa shape index (κ2) is 23.9. The zero-order chi connectivity index (χ0) is 53.4. The number of esters is 1. The number of rotatable bonds is 21. The van der Waals surface area contributed by atoms with Crippen LogP contribution >= 0.6 is 22.9 Å². The molecule has 1 saturated carbocycles. The third kappa shape index (κ3) is 13.8. The fraction of sp³-hybridized carbons (Fsp3) is 0.518. The summed E-state index contributed by atoms with van der Waals surface area (Å²) in [5.74, 6) is -1.67. The van der Waals surface area contributed by atoms with Crippen LogP contribution < -0.4 is 26.0 Å². The lowest BCUT2D eigenvalue weighted by molar-refractivity contribution is -0.164. The standard InChI is InChI=1S/C56H72ClN7O8S/c1-33(2)51(69)71-42-28-44(49(67)61-34(3)36-15-17-37(18-16-36)46-35(4)60-32-73-46)64(30-42)50(68)47(54(5,6)7)62-45(65)31-70-26-14-12-13-25-59-40-22-19-38(20-23-40)48(66)63-52-55(8,9)53(56(52,10)11)72-41-24-21-39(29-58)43(57)27-41/h15-24,27,32-34,42,44,47,52-53,59H,12-14,25-26,28,30-31H2,1-11H3,(H,61,67)(H,62,65)(H,63,66)/t34-,42+,44?,47+,52-,53-/m0/s1. The summed E-state index contributed by atoms with van der Waals surface area (Å²) >= 11 is 7.82.